The quantitative estimate of drug-likeness (QED) is 0.548. The standard InChI is InChI=1S/C6H11N3/c1-7-5-6-3-4-8-9(6)2/h3-4,7H,5H2,1-2H3/p+1. The Morgan fingerprint density at radius 1 is 1.78 bits per heavy atom. The van der Waals surface area contributed by atoms with Crippen molar-refractivity contribution >= 4 is 0 Å². The lowest BCUT2D eigenvalue weighted by Gasteiger charge is -1.95. The molecule has 1 heterocycles. The van der Waals surface area contributed by atoms with Crippen molar-refractivity contribution in [2.75, 3.05) is 7.05 Å². The van der Waals surface area contributed by atoms with E-state index in [2.05, 4.69) is 10.4 Å². The highest BCUT2D eigenvalue weighted by Crippen LogP contribution is 1.90. The normalized spacial score (nSPS) is 10.0. The highest BCUT2D eigenvalue weighted by Gasteiger charge is 1.95. The van der Waals surface area contributed by atoms with Crippen LogP contribution in [0.15, 0.2) is 12.3 Å². The van der Waals surface area contributed by atoms with Crippen molar-refractivity contribution in [1.29, 1.82) is 0 Å². The summed E-state index contributed by atoms with van der Waals surface area (Å²) in [6, 6.07) is 2.03. The molecule has 0 aliphatic carbocycles. The van der Waals surface area contributed by atoms with Crippen molar-refractivity contribution in [3.63, 3.8) is 0 Å². The highest BCUT2D eigenvalue weighted by molar-refractivity contribution is 4.96. The molecular weight excluding hydrogens is 114 g/mol. The van der Waals surface area contributed by atoms with Crippen LogP contribution in [0.3, 0.4) is 0 Å². The summed E-state index contributed by atoms with van der Waals surface area (Å²) in [6.07, 6.45) is 1.82. The molecule has 0 atom stereocenters. The Kier molecular flexibility index (Phi) is 1.85. The zero-order valence-electron chi connectivity index (χ0n) is 5.83. The molecule has 1 aromatic rings. The second-order valence-corrected chi connectivity index (χ2v) is 2.06. The largest absolute Gasteiger partial charge is 0.344 e. The number of hydrogen-bond acceptors (Lipinski definition) is 1. The van der Waals surface area contributed by atoms with E-state index in [9.17, 15) is 0 Å². The van der Waals surface area contributed by atoms with Crippen molar-refractivity contribution in [3.05, 3.63) is 18.0 Å². The molecule has 0 aromatic carbocycles. The third kappa shape index (κ3) is 1.29. The Bertz CT molecular complexity index is 180. The maximum absolute atomic E-state index is 4.03. The van der Waals surface area contributed by atoms with Crippen LogP contribution in [0.25, 0.3) is 0 Å². The lowest BCUT2D eigenvalue weighted by Crippen LogP contribution is -2.77. The molecule has 0 fully saturated rings. The molecular formula is C6H12N3+. The average Bonchev–Trinajstić information content (AvgIpc) is 2.18. The molecule has 0 aliphatic rings. The maximum Gasteiger partial charge on any atom is 0.118 e. The molecule has 50 valence electrons. The number of aromatic nitrogens is 2. The van der Waals surface area contributed by atoms with Gasteiger partial charge in [0.05, 0.1) is 12.7 Å². The lowest BCUT2D eigenvalue weighted by atomic mass is 10.4. The van der Waals surface area contributed by atoms with Gasteiger partial charge in [-0.15, -0.1) is 0 Å². The van der Waals surface area contributed by atoms with E-state index in [-0.39, 0.29) is 0 Å². The van der Waals surface area contributed by atoms with Crippen LogP contribution in [0.5, 0.6) is 0 Å². The van der Waals surface area contributed by atoms with Crippen molar-refractivity contribution in [2.24, 2.45) is 7.05 Å². The molecule has 9 heavy (non-hydrogen) atoms. The van der Waals surface area contributed by atoms with Gasteiger partial charge in [0.2, 0.25) is 0 Å². The number of quaternary nitrogens is 1. The van der Waals surface area contributed by atoms with E-state index < -0.39 is 0 Å². The van der Waals surface area contributed by atoms with E-state index in [0.717, 1.165) is 6.54 Å². The summed E-state index contributed by atoms with van der Waals surface area (Å²) in [6.45, 7) is 1.01. The molecule has 2 N–H and O–H groups in total. The van der Waals surface area contributed by atoms with Gasteiger partial charge < -0.3 is 5.32 Å². The molecule has 0 spiro atoms. The first-order valence-corrected chi connectivity index (χ1v) is 3.09. The zero-order valence-corrected chi connectivity index (χ0v) is 5.83. The van der Waals surface area contributed by atoms with Crippen LogP contribution in [0.4, 0.5) is 0 Å². The van der Waals surface area contributed by atoms with Crippen molar-refractivity contribution < 1.29 is 5.32 Å². The van der Waals surface area contributed by atoms with Gasteiger partial charge in [-0.3, -0.25) is 4.68 Å². The molecule has 1 rings (SSSR count). The van der Waals surface area contributed by atoms with Gasteiger partial charge in [-0.05, 0) is 6.07 Å². The van der Waals surface area contributed by atoms with Crippen LogP contribution in [-0.2, 0) is 13.6 Å². The first-order valence-electron chi connectivity index (χ1n) is 3.09. The monoisotopic (exact) mass is 126 g/mol. The molecule has 0 bridgehead atoms. The number of rotatable bonds is 2. The second kappa shape index (κ2) is 2.64. The van der Waals surface area contributed by atoms with Gasteiger partial charge in [-0.1, -0.05) is 0 Å². The summed E-state index contributed by atoms with van der Waals surface area (Å²) in [5.41, 5.74) is 1.26. The number of nitrogens with zero attached hydrogens (tertiary/aromatic N) is 2. The van der Waals surface area contributed by atoms with Crippen molar-refractivity contribution in [3.8, 4) is 0 Å². The van der Waals surface area contributed by atoms with Crippen LogP contribution in [0, 0.1) is 0 Å². The first-order chi connectivity index (χ1) is 4.34. The fourth-order valence-corrected chi connectivity index (χ4v) is 0.811. The Morgan fingerprint density at radius 3 is 3.00 bits per heavy atom. The van der Waals surface area contributed by atoms with Gasteiger partial charge in [0.25, 0.3) is 0 Å². The third-order valence-electron chi connectivity index (χ3n) is 1.34. The molecule has 0 amide bonds. The summed E-state index contributed by atoms with van der Waals surface area (Å²) in [4.78, 5) is 0. The topological polar surface area (TPSA) is 34.4 Å². The van der Waals surface area contributed by atoms with E-state index >= 15 is 0 Å². The average molecular weight is 126 g/mol. The molecule has 0 aliphatic heterocycles. The lowest BCUT2D eigenvalue weighted by molar-refractivity contribution is -0.644. The molecule has 0 saturated heterocycles. The summed E-state index contributed by atoms with van der Waals surface area (Å²) in [7, 11) is 4.01. The van der Waals surface area contributed by atoms with E-state index in [4.69, 9.17) is 0 Å². The Hall–Kier alpha value is -0.830. The summed E-state index contributed by atoms with van der Waals surface area (Å²) >= 11 is 0. The SMILES string of the molecule is C[NH2+]Cc1ccnn1C. The van der Waals surface area contributed by atoms with Gasteiger partial charge in [0.15, 0.2) is 0 Å². The van der Waals surface area contributed by atoms with Gasteiger partial charge in [0.1, 0.15) is 6.54 Å². The van der Waals surface area contributed by atoms with Crippen LogP contribution in [-0.4, -0.2) is 16.8 Å². The molecule has 0 unspecified atom stereocenters. The third-order valence-corrected chi connectivity index (χ3v) is 1.34. The van der Waals surface area contributed by atoms with E-state index in [1.54, 1.807) is 0 Å². The smallest absolute Gasteiger partial charge is 0.118 e. The second-order valence-electron chi connectivity index (χ2n) is 2.06. The van der Waals surface area contributed by atoms with E-state index in [1.165, 1.54) is 5.69 Å². The van der Waals surface area contributed by atoms with Gasteiger partial charge in [0, 0.05) is 13.2 Å². The maximum atomic E-state index is 4.03. The molecule has 3 nitrogen and oxygen atoms in total. The number of hydrogen-bond donors (Lipinski definition) is 1. The molecule has 1 aromatic heterocycles. The molecule has 0 saturated carbocycles. The fourth-order valence-electron chi connectivity index (χ4n) is 0.811. The Balaban J connectivity index is 2.69. The van der Waals surface area contributed by atoms with Crippen LogP contribution < -0.4 is 5.32 Å². The highest BCUT2D eigenvalue weighted by atomic mass is 15.3. The van der Waals surface area contributed by atoms with Gasteiger partial charge in [-0.25, -0.2) is 0 Å². The van der Waals surface area contributed by atoms with Gasteiger partial charge >= 0.3 is 0 Å². The minimum absolute atomic E-state index is 1.01. The van der Waals surface area contributed by atoms with Crippen LogP contribution >= 0.6 is 0 Å². The minimum Gasteiger partial charge on any atom is -0.344 e. The van der Waals surface area contributed by atoms with Crippen LogP contribution in [0.2, 0.25) is 0 Å². The molecule has 0 radical (unpaired) electrons. The Labute approximate surface area is 54.7 Å². The van der Waals surface area contributed by atoms with Crippen LogP contribution in [0.1, 0.15) is 5.69 Å². The number of nitrogens with two attached hydrogens (primary N) is 1. The zero-order chi connectivity index (χ0) is 6.69. The first kappa shape index (κ1) is 6.29. The van der Waals surface area contributed by atoms with E-state index in [1.807, 2.05) is 31.0 Å². The minimum atomic E-state index is 1.01. The predicted molar refractivity (Wildman–Crippen MR) is 34.8 cm³/mol. The van der Waals surface area contributed by atoms with Crippen molar-refractivity contribution in [2.45, 2.75) is 6.54 Å². The summed E-state index contributed by atoms with van der Waals surface area (Å²) < 4.78 is 1.89. The predicted octanol–water partition coefficient (Wildman–Crippen LogP) is -0.887. The molecule has 3 heteroatoms. The summed E-state index contributed by atoms with van der Waals surface area (Å²) in [5, 5.41) is 6.15. The van der Waals surface area contributed by atoms with Crippen molar-refractivity contribution in [1.82, 2.24) is 9.78 Å². The number of aryl methyl sites for hydroxylation is 1. The van der Waals surface area contributed by atoms with Gasteiger partial charge in [-0.2, -0.15) is 5.10 Å². The van der Waals surface area contributed by atoms with E-state index in [0.29, 0.717) is 0 Å². The fraction of sp³-hybridized carbons (Fsp3) is 0.500. The summed E-state index contributed by atoms with van der Waals surface area (Å²) in [5.74, 6) is 0. The Morgan fingerprint density at radius 2 is 2.56 bits per heavy atom.